The highest BCUT2D eigenvalue weighted by Crippen LogP contribution is 2.15. The van der Waals surface area contributed by atoms with Crippen LogP contribution in [0.15, 0.2) is 0 Å². The summed E-state index contributed by atoms with van der Waals surface area (Å²) in [7, 11) is 0. The third-order valence-corrected chi connectivity index (χ3v) is 12.6. The molecular weight excluding hydrogens is 805 g/mol. The van der Waals surface area contributed by atoms with Crippen LogP contribution in [0.5, 0.6) is 0 Å². The van der Waals surface area contributed by atoms with Crippen molar-refractivity contribution in [3.63, 3.8) is 0 Å². The van der Waals surface area contributed by atoms with Gasteiger partial charge >= 0.3 is 5.91 Å². The zero-order valence-electron chi connectivity index (χ0n) is 42.5. The number of carbonyl (C=O) groups excluding carboxylic acids is 4. The van der Waals surface area contributed by atoms with Gasteiger partial charge in [0.2, 0.25) is 17.7 Å². The summed E-state index contributed by atoms with van der Waals surface area (Å²) < 4.78 is 0. The number of aliphatic hydroxyl groups is 2. The molecule has 0 bridgehead atoms. The minimum absolute atomic E-state index is 0.0161. The molecule has 0 radical (unpaired) electrons. The molecule has 1 unspecified atom stereocenters. The lowest BCUT2D eigenvalue weighted by Gasteiger charge is -2.32. The van der Waals surface area contributed by atoms with Crippen molar-refractivity contribution < 1.29 is 35.1 Å². The van der Waals surface area contributed by atoms with Crippen molar-refractivity contribution >= 4 is 23.6 Å². The van der Waals surface area contributed by atoms with Crippen LogP contribution in [0, 0.1) is 0 Å². The lowest BCUT2D eigenvalue weighted by Crippen LogP contribution is -2.62. The molecule has 0 rings (SSSR count). The minimum atomic E-state index is -0.917. The quantitative estimate of drug-likeness (QED) is 0.0348. The van der Waals surface area contributed by atoms with Gasteiger partial charge in [0, 0.05) is 39.3 Å². The van der Waals surface area contributed by atoms with E-state index in [4.69, 9.17) is 0 Å². The third kappa shape index (κ3) is 37.0. The van der Waals surface area contributed by atoms with E-state index in [0.717, 1.165) is 89.9 Å². The summed E-state index contributed by atoms with van der Waals surface area (Å²) in [6.07, 6.45) is 35.0. The van der Waals surface area contributed by atoms with Crippen LogP contribution < -0.4 is 11.1 Å². The van der Waals surface area contributed by atoms with Crippen molar-refractivity contribution in [2.24, 2.45) is 0 Å². The number of unbranched alkanes of at least 4 members (excludes halogenated alkanes) is 28. The monoisotopic (exact) mass is 910 g/mol. The third-order valence-electron chi connectivity index (χ3n) is 12.6. The fraction of sp³-hybridized carbons (Fsp3) is 0.923. The molecule has 0 aliphatic carbocycles. The van der Waals surface area contributed by atoms with Gasteiger partial charge in [-0.15, -0.1) is 0 Å². The number of amides is 4. The second kappa shape index (κ2) is 46.0. The Labute approximate surface area is 394 Å². The Kier molecular flexibility index (Phi) is 44.5. The van der Waals surface area contributed by atoms with Gasteiger partial charge in [0.25, 0.3) is 0 Å². The van der Waals surface area contributed by atoms with E-state index in [1.807, 2.05) is 4.90 Å². The highest BCUT2D eigenvalue weighted by Gasteiger charge is 2.28. The maximum Gasteiger partial charge on any atom is 0.328 e. The Hall–Kier alpha value is -2.12. The largest absolute Gasteiger partial charge is 0.395 e. The zero-order valence-corrected chi connectivity index (χ0v) is 42.5. The molecule has 0 aromatic heterocycles. The number of hydrogen-bond donors (Lipinski definition) is 4. The van der Waals surface area contributed by atoms with Crippen molar-refractivity contribution in [2.75, 3.05) is 72.1 Å². The average Bonchev–Trinajstić information content (AvgIpc) is 3.27. The van der Waals surface area contributed by atoms with Crippen molar-refractivity contribution in [3.05, 3.63) is 0 Å². The van der Waals surface area contributed by atoms with Crippen molar-refractivity contribution in [3.8, 4) is 0 Å². The Bertz CT molecular complexity index is 1100. The predicted octanol–water partition coefficient (Wildman–Crippen LogP) is 9.01. The summed E-state index contributed by atoms with van der Waals surface area (Å²) >= 11 is 0. The van der Waals surface area contributed by atoms with E-state index in [9.17, 15) is 29.4 Å². The summed E-state index contributed by atoms with van der Waals surface area (Å²) in [5.41, 5.74) is 3.58. The maximum absolute atomic E-state index is 14.4. The van der Waals surface area contributed by atoms with E-state index in [-0.39, 0.29) is 63.0 Å². The second-order valence-corrected chi connectivity index (χ2v) is 18.8. The molecule has 0 saturated heterocycles. The fourth-order valence-corrected chi connectivity index (χ4v) is 8.42. The van der Waals surface area contributed by atoms with E-state index in [0.29, 0.717) is 32.7 Å². The molecular formula is C52H105N6O6+. The van der Waals surface area contributed by atoms with Crippen molar-refractivity contribution in [2.45, 2.75) is 239 Å². The first-order valence-corrected chi connectivity index (χ1v) is 27.1. The average molecular weight is 910 g/mol. The van der Waals surface area contributed by atoms with Gasteiger partial charge in [-0.25, -0.2) is 4.79 Å². The highest BCUT2D eigenvalue weighted by atomic mass is 16.3. The number of nitrogens with zero attached hydrogens (tertiary/aromatic N) is 4. The van der Waals surface area contributed by atoms with Gasteiger partial charge in [-0.1, -0.05) is 207 Å². The fourth-order valence-electron chi connectivity index (χ4n) is 8.42. The van der Waals surface area contributed by atoms with Gasteiger partial charge in [0.05, 0.1) is 26.2 Å². The van der Waals surface area contributed by atoms with Crippen LogP contribution >= 0.6 is 0 Å². The number of aliphatic hydroxyl groups excluding tert-OH is 2. The Morgan fingerprint density at radius 2 is 0.703 bits per heavy atom. The van der Waals surface area contributed by atoms with Gasteiger partial charge in [-0.2, -0.15) is 0 Å². The number of quaternary nitrogens is 1. The molecule has 0 fully saturated rings. The maximum atomic E-state index is 14.4. The molecule has 378 valence electrons. The van der Waals surface area contributed by atoms with Crippen LogP contribution in [0.4, 0.5) is 0 Å². The standard InChI is InChI=1S/C52H104N6O6/c1-5-9-13-17-21-25-29-33-38-55(44-48(53)60)50(62)46-57(40-35-31-27-23-19-15-11-7-3)52(64)47-58(41-36-32-28-24-20-16-12-8-4)51(63)45-56(49(61)43-54-37-42-59)39-34-30-26-22-18-14-10-6-2/h49,54,59,61H,5-47H2,1-4H3,(H2,53,60)/p+1. The van der Waals surface area contributed by atoms with Gasteiger partial charge in [0.1, 0.15) is 12.8 Å². The molecule has 0 aliphatic rings. The number of hydrogen-bond acceptors (Lipinski definition) is 8. The topological polar surface area (TPSA) is 161 Å². The smallest absolute Gasteiger partial charge is 0.328 e. The lowest BCUT2D eigenvalue weighted by molar-refractivity contribution is -0.306. The predicted molar refractivity (Wildman–Crippen MR) is 266 cm³/mol. The van der Waals surface area contributed by atoms with Crippen LogP contribution in [0.3, 0.4) is 0 Å². The van der Waals surface area contributed by atoms with Crippen LogP contribution in [-0.4, -0.2) is 132 Å². The molecule has 6 N–H and O–H groups in total. The number of nitrogens with one attached hydrogen (secondary N) is 1. The molecule has 0 aromatic carbocycles. The highest BCUT2D eigenvalue weighted by molar-refractivity contribution is 5.89. The minimum Gasteiger partial charge on any atom is -0.395 e. The van der Waals surface area contributed by atoms with E-state index >= 15 is 0 Å². The second-order valence-electron chi connectivity index (χ2n) is 18.8. The van der Waals surface area contributed by atoms with Crippen molar-refractivity contribution in [1.82, 2.24) is 24.9 Å². The summed E-state index contributed by atoms with van der Waals surface area (Å²) in [4.78, 5) is 61.7. The zero-order chi connectivity index (χ0) is 47.3. The van der Waals surface area contributed by atoms with Crippen LogP contribution in [0.1, 0.15) is 233 Å². The van der Waals surface area contributed by atoms with Gasteiger partial charge in [0.15, 0.2) is 0 Å². The summed E-state index contributed by atoms with van der Waals surface area (Å²) in [5, 5.41) is 23.7. The molecule has 0 aromatic rings. The first-order valence-electron chi connectivity index (χ1n) is 27.1. The Balaban J connectivity index is 6.14. The normalized spacial score (nSPS) is 11.9. The molecule has 0 aliphatic heterocycles. The summed E-state index contributed by atoms with van der Waals surface area (Å²) in [5.74, 6) is -1.02. The molecule has 4 amide bonds. The van der Waals surface area contributed by atoms with Crippen LogP contribution in [0.25, 0.3) is 0 Å². The number of rotatable bonds is 49. The molecule has 12 heteroatoms. The van der Waals surface area contributed by atoms with Gasteiger partial charge in [-0.3, -0.25) is 25.0 Å². The van der Waals surface area contributed by atoms with E-state index in [2.05, 4.69) is 38.7 Å². The SMILES string of the molecule is CCCCCCCCCCN(CC([NH3+])=O)C(=O)CN(CCCCCCCCCC)C(=O)CN(CCCCCCCCCC)C(=O)CN(CCCCCCCCCC)C(O)CNCCO. The summed E-state index contributed by atoms with van der Waals surface area (Å²) in [6, 6.07) is 0. The summed E-state index contributed by atoms with van der Waals surface area (Å²) in [6.45, 7) is 10.9. The molecule has 0 spiro atoms. The van der Waals surface area contributed by atoms with Crippen LogP contribution in [-0.2, 0) is 19.2 Å². The van der Waals surface area contributed by atoms with E-state index < -0.39 is 6.23 Å². The molecule has 1 atom stereocenters. The molecule has 12 nitrogen and oxygen atoms in total. The van der Waals surface area contributed by atoms with Crippen LogP contribution in [0.2, 0.25) is 0 Å². The number of carbonyl (C=O) groups is 4. The van der Waals surface area contributed by atoms with Gasteiger partial charge in [-0.05, 0) is 25.7 Å². The molecule has 64 heavy (non-hydrogen) atoms. The van der Waals surface area contributed by atoms with E-state index in [1.165, 1.54) is 116 Å². The van der Waals surface area contributed by atoms with Crippen molar-refractivity contribution in [1.29, 1.82) is 0 Å². The molecule has 0 saturated carbocycles. The van der Waals surface area contributed by atoms with E-state index in [1.54, 1.807) is 14.7 Å². The van der Waals surface area contributed by atoms with Gasteiger partial charge < -0.3 is 30.2 Å². The lowest BCUT2D eigenvalue weighted by atomic mass is 10.1. The Morgan fingerprint density at radius 3 is 1.02 bits per heavy atom. The first-order chi connectivity index (χ1) is 31.1. The molecule has 0 heterocycles. The Morgan fingerprint density at radius 1 is 0.422 bits per heavy atom. The first kappa shape index (κ1) is 61.9.